The highest BCUT2D eigenvalue weighted by molar-refractivity contribution is 9.10. The molecule has 1 aromatic carbocycles. The number of pyridine rings is 1. The molecule has 0 saturated carbocycles. The van der Waals surface area contributed by atoms with E-state index in [0.717, 1.165) is 21.4 Å². The van der Waals surface area contributed by atoms with Crippen LogP contribution in [0.1, 0.15) is 11.1 Å². The van der Waals surface area contributed by atoms with Gasteiger partial charge in [0, 0.05) is 12.7 Å². The first kappa shape index (κ1) is 13.3. The van der Waals surface area contributed by atoms with Gasteiger partial charge < -0.3 is 10.4 Å². The number of halogens is 2. The van der Waals surface area contributed by atoms with E-state index in [4.69, 9.17) is 16.7 Å². The van der Waals surface area contributed by atoms with Gasteiger partial charge in [-0.2, -0.15) is 0 Å². The molecular weight excluding hydrogens is 316 g/mol. The predicted molar refractivity (Wildman–Crippen MR) is 76.6 cm³/mol. The molecule has 0 aliphatic carbocycles. The second kappa shape index (κ2) is 6.18. The molecule has 0 aliphatic heterocycles. The van der Waals surface area contributed by atoms with Crippen molar-refractivity contribution in [1.29, 1.82) is 0 Å². The lowest BCUT2D eigenvalue weighted by Gasteiger charge is -2.08. The molecule has 0 amide bonds. The summed E-state index contributed by atoms with van der Waals surface area (Å²) in [5, 5.41) is 12.8. The predicted octanol–water partition coefficient (Wildman–Crippen LogP) is 3.60. The summed E-state index contributed by atoms with van der Waals surface area (Å²) in [4.78, 5) is 4.20. The number of rotatable bonds is 4. The molecule has 0 fully saturated rings. The molecule has 0 atom stereocenters. The van der Waals surface area contributed by atoms with Crippen LogP contribution in [0.3, 0.4) is 0 Å². The Morgan fingerprint density at radius 3 is 2.50 bits per heavy atom. The number of nitrogens with one attached hydrogen (secondary N) is 1. The molecule has 0 bridgehead atoms. The smallest absolute Gasteiger partial charge is 0.140 e. The third-order valence-corrected chi connectivity index (χ3v) is 3.28. The summed E-state index contributed by atoms with van der Waals surface area (Å²) < 4.78 is 0.835. The maximum atomic E-state index is 8.95. The molecule has 0 radical (unpaired) electrons. The fraction of sp³-hybridized carbons (Fsp3) is 0.154. The van der Waals surface area contributed by atoms with Crippen molar-refractivity contribution < 1.29 is 5.11 Å². The van der Waals surface area contributed by atoms with Crippen LogP contribution in [0.2, 0.25) is 5.02 Å². The van der Waals surface area contributed by atoms with Crippen molar-refractivity contribution in [3.63, 3.8) is 0 Å². The zero-order chi connectivity index (χ0) is 13.0. The van der Waals surface area contributed by atoms with Crippen LogP contribution in [0, 0.1) is 0 Å². The first-order valence-corrected chi connectivity index (χ1v) is 6.60. The van der Waals surface area contributed by atoms with E-state index >= 15 is 0 Å². The van der Waals surface area contributed by atoms with Crippen LogP contribution < -0.4 is 5.32 Å². The van der Waals surface area contributed by atoms with Crippen LogP contribution in [-0.2, 0) is 13.2 Å². The minimum absolute atomic E-state index is 0.0675. The topological polar surface area (TPSA) is 45.1 Å². The summed E-state index contributed by atoms with van der Waals surface area (Å²) >= 11 is 9.22. The number of aromatic nitrogens is 1. The third-order valence-electron chi connectivity index (χ3n) is 2.47. The number of hydrogen-bond acceptors (Lipinski definition) is 3. The van der Waals surface area contributed by atoms with Crippen molar-refractivity contribution in [2.45, 2.75) is 13.2 Å². The third kappa shape index (κ3) is 3.45. The first-order valence-electron chi connectivity index (χ1n) is 5.42. The Labute approximate surface area is 119 Å². The minimum atomic E-state index is 0.0675. The molecule has 5 heteroatoms. The van der Waals surface area contributed by atoms with Crippen molar-refractivity contribution in [1.82, 2.24) is 4.98 Å². The second-order valence-electron chi connectivity index (χ2n) is 3.81. The Morgan fingerprint density at radius 1 is 1.22 bits per heavy atom. The molecule has 94 valence electrons. The Balaban J connectivity index is 2.02. The van der Waals surface area contributed by atoms with Gasteiger partial charge in [-0.25, -0.2) is 4.98 Å². The van der Waals surface area contributed by atoms with E-state index < -0.39 is 0 Å². The number of aliphatic hydroxyl groups excluding tert-OH is 1. The highest BCUT2D eigenvalue weighted by atomic mass is 79.9. The molecule has 0 saturated heterocycles. The Morgan fingerprint density at radius 2 is 1.89 bits per heavy atom. The Kier molecular flexibility index (Phi) is 4.58. The standard InChI is InChI=1S/C13H12BrClN2O/c14-12-5-11(15)7-17-13(12)16-6-9-1-3-10(8-18)4-2-9/h1-5,7,18H,6,8H2,(H,16,17). The highest BCUT2D eigenvalue weighted by Crippen LogP contribution is 2.23. The SMILES string of the molecule is OCc1ccc(CNc2ncc(Cl)cc2Br)cc1. The molecule has 2 rings (SSSR count). The van der Waals surface area contributed by atoms with Gasteiger partial charge in [0.05, 0.1) is 16.1 Å². The van der Waals surface area contributed by atoms with Gasteiger partial charge in [-0.3, -0.25) is 0 Å². The van der Waals surface area contributed by atoms with Gasteiger partial charge in [0.2, 0.25) is 0 Å². The van der Waals surface area contributed by atoms with Crippen molar-refractivity contribution in [3.05, 3.63) is 57.2 Å². The van der Waals surface area contributed by atoms with Crippen molar-refractivity contribution in [3.8, 4) is 0 Å². The summed E-state index contributed by atoms with van der Waals surface area (Å²) in [5.74, 6) is 0.755. The number of anilines is 1. The second-order valence-corrected chi connectivity index (χ2v) is 5.10. The molecule has 0 spiro atoms. The lowest BCUT2D eigenvalue weighted by molar-refractivity contribution is 0.282. The minimum Gasteiger partial charge on any atom is -0.392 e. The van der Waals surface area contributed by atoms with Gasteiger partial charge >= 0.3 is 0 Å². The maximum absolute atomic E-state index is 8.95. The van der Waals surface area contributed by atoms with Crippen molar-refractivity contribution in [2.24, 2.45) is 0 Å². The number of aliphatic hydroxyl groups is 1. The summed E-state index contributed by atoms with van der Waals surface area (Å²) in [7, 11) is 0. The lowest BCUT2D eigenvalue weighted by Crippen LogP contribution is -2.02. The zero-order valence-corrected chi connectivity index (χ0v) is 11.9. The van der Waals surface area contributed by atoms with Gasteiger partial charge in [-0.15, -0.1) is 0 Å². The van der Waals surface area contributed by atoms with Gasteiger partial charge in [0.15, 0.2) is 0 Å². The van der Waals surface area contributed by atoms with E-state index in [2.05, 4.69) is 26.2 Å². The fourth-order valence-corrected chi connectivity index (χ4v) is 2.27. The molecule has 1 heterocycles. The highest BCUT2D eigenvalue weighted by Gasteiger charge is 2.02. The van der Waals surface area contributed by atoms with Gasteiger partial charge in [0.1, 0.15) is 5.82 Å². The Bertz CT molecular complexity index is 531. The number of benzene rings is 1. The summed E-state index contributed by atoms with van der Waals surface area (Å²) in [5.41, 5.74) is 2.03. The monoisotopic (exact) mass is 326 g/mol. The molecular formula is C13H12BrClN2O. The van der Waals surface area contributed by atoms with E-state index in [9.17, 15) is 0 Å². The molecule has 0 unspecified atom stereocenters. The molecule has 0 aliphatic rings. The molecule has 1 aromatic heterocycles. The van der Waals surface area contributed by atoms with Crippen LogP contribution in [0.15, 0.2) is 41.0 Å². The first-order chi connectivity index (χ1) is 8.69. The van der Waals surface area contributed by atoms with Crippen molar-refractivity contribution >= 4 is 33.3 Å². The van der Waals surface area contributed by atoms with Crippen LogP contribution in [0.4, 0.5) is 5.82 Å². The van der Waals surface area contributed by atoms with E-state index in [-0.39, 0.29) is 6.61 Å². The van der Waals surface area contributed by atoms with Gasteiger partial charge in [-0.05, 0) is 33.1 Å². The van der Waals surface area contributed by atoms with E-state index in [0.29, 0.717) is 11.6 Å². The number of hydrogen-bond donors (Lipinski definition) is 2. The number of nitrogens with zero attached hydrogens (tertiary/aromatic N) is 1. The summed E-state index contributed by atoms with van der Waals surface area (Å²) in [6.07, 6.45) is 1.60. The quantitative estimate of drug-likeness (QED) is 0.902. The molecule has 18 heavy (non-hydrogen) atoms. The van der Waals surface area contributed by atoms with Crippen LogP contribution >= 0.6 is 27.5 Å². The summed E-state index contributed by atoms with van der Waals surface area (Å²) in [6, 6.07) is 9.55. The maximum Gasteiger partial charge on any atom is 0.140 e. The average Bonchev–Trinajstić information content (AvgIpc) is 2.38. The Hall–Kier alpha value is -1.10. The van der Waals surface area contributed by atoms with Crippen LogP contribution in [0.5, 0.6) is 0 Å². The van der Waals surface area contributed by atoms with E-state index in [1.54, 1.807) is 12.3 Å². The van der Waals surface area contributed by atoms with Crippen LogP contribution in [0.25, 0.3) is 0 Å². The van der Waals surface area contributed by atoms with Gasteiger partial charge in [-0.1, -0.05) is 35.9 Å². The fourth-order valence-electron chi connectivity index (χ4n) is 1.49. The largest absolute Gasteiger partial charge is 0.392 e. The molecule has 2 aromatic rings. The van der Waals surface area contributed by atoms with Crippen LogP contribution in [-0.4, -0.2) is 10.1 Å². The summed E-state index contributed by atoms with van der Waals surface area (Å²) in [6.45, 7) is 0.733. The normalized spacial score (nSPS) is 10.4. The lowest BCUT2D eigenvalue weighted by atomic mass is 10.1. The van der Waals surface area contributed by atoms with Crippen molar-refractivity contribution in [2.75, 3.05) is 5.32 Å². The molecule has 3 nitrogen and oxygen atoms in total. The van der Waals surface area contributed by atoms with E-state index in [1.165, 1.54) is 0 Å². The average molecular weight is 328 g/mol. The van der Waals surface area contributed by atoms with E-state index in [1.807, 2.05) is 24.3 Å². The zero-order valence-electron chi connectivity index (χ0n) is 9.53. The van der Waals surface area contributed by atoms with Gasteiger partial charge in [0.25, 0.3) is 0 Å². The molecule has 2 N–H and O–H groups in total.